The van der Waals surface area contributed by atoms with Gasteiger partial charge >= 0.3 is 0 Å². The number of hydrogen-bond donors (Lipinski definition) is 2. The summed E-state index contributed by atoms with van der Waals surface area (Å²) in [5.41, 5.74) is 0.907. The van der Waals surface area contributed by atoms with Crippen molar-refractivity contribution in [1.82, 2.24) is 15.5 Å². The lowest BCUT2D eigenvalue weighted by Gasteiger charge is -2.34. The highest BCUT2D eigenvalue weighted by Crippen LogP contribution is 2.21. The molecule has 2 N–H and O–H groups in total. The Morgan fingerprint density at radius 2 is 2.38 bits per heavy atom. The van der Waals surface area contributed by atoms with Gasteiger partial charge in [-0.3, -0.25) is 9.69 Å². The summed E-state index contributed by atoms with van der Waals surface area (Å²) in [5.74, 6) is -0.373. The number of carbonyl (C=O) groups excluding carboxylic acids is 1. The highest BCUT2D eigenvalue weighted by Gasteiger charge is 2.27. The van der Waals surface area contributed by atoms with Crippen molar-refractivity contribution >= 4 is 17.5 Å². The summed E-state index contributed by atoms with van der Waals surface area (Å²) in [6.45, 7) is 4.29. The molecule has 0 saturated carbocycles. The molecule has 2 saturated heterocycles. The molecule has 2 aliphatic heterocycles. The van der Waals surface area contributed by atoms with Crippen LogP contribution in [-0.2, 0) is 16.1 Å². The molecule has 132 valence electrons. The fourth-order valence-electron chi connectivity index (χ4n) is 3.24. The maximum absolute atomic E-state index is 13.1. The van der Waals surface area contributed by atoms with E-state index in [9.17, 15) is 9.18 Å². The first-order chi connectivity index (χ1) is 11.6. The largest absolute Gasteiger partial charge is 0.366 e. The van der Waals surface area contributed by atoms with Crippen LogP contribution in [0.5, 0.6) is 0 Å². The van der Waals surface area contributed by atoms with Crippen LogP contribution in [0.4, 0.5) is 4.39 Å². The molecule has 0 radical (unpaired) electrons. The predicted molar refractivity (Wildman–Crippen MR) is 90.5 cm³/mol. The topological polar surface area (TPSA) is 53.6 Å². The van der Waals surface area contributed by atoms with Crippen LogP contribution >= 0.6 is 11.6 Å². The monoisotopic (exact) mass is 355 g/mol. The zero-order chi connectivity index (χ0) is 16.9. The third-order valence-electron chi connectivity index (χ3n) is 4.48. The van der Waals surface area contributed by atoms with Crippen LogP contribution in [0.15, 0.2) is 18.2 Å². The van der Waals surface area contributed by atoms with E-state index in [1.54, 1.807) is 6.07 Å². The SMILES string of the molecule is O=C(N[C@@H]1CCCN(Cc2ccc(F)cc2Cl)C1)[C@H]1CNCCO1. The zero-order valence-electron chi connectivity index (χ0n) is 13.6. The van der Waals surface area contributed by atoms with Gasteiger partial charge in [0.1, 0.15) is 11.9 Å². The molecule has 0 unspecified atom stereocenters. The molecule has 2 aliphatic rings. The van der Waals surface area contributed by atoms with Crippen LogP contribution in [0.2, 0.25) is 5.02 Å². The van der Waals surface area contributed by atoms with Crippen LogP contribution in [-0.4, -0.2) is 55.7 Å². The van der Waals surface area contributed by atoms with Crippen molar-refractivity contribution in [2.45, 2.75) is 31.5 Å². The van der Waals surface area contributed by atoms with E-state index in [1.807, 2.05) is 0 Å². The summed E-state index contributed by atoms with van der Waals surface area (Å²) in [6, 6.07) is 4.60. The maximum atomic E-state index is 13.1. The molecule has 0 spiro atoms. The van der Waals surface area contributed by atoms with Gasteiger partial charge in [-0.1, -0.05) is 17.7 Å². The molecule has 2 atom stereocenters. The molecular weight excluding hydrogens is 333 g/mol. The van der Waals surface area contributed by atoms with E-state index in [1.165, 1.54) is 12.1 Å². The third-order valence-corrected chi connectivity index (χ3v) is 4.83. The van der Waals surface area contributed by atoms with Crippen LogP contribution < -0.4 is 10.6 Å². The van der Waals surface area contributed by atoms with Gasteiger partial charge < -0.3 is 15.4 Å². The van der Waals surface area contributed by atoms with E-state index < -0.39 is 6.10 Å². The summed E-state index contributed by atoms with van der Waals surface area (Å²) >= 11 is 6.11. The van der Waals surface area contributed by atoms with Crippen molar-refractivity contribution in [3.8, 4) is 0 Å². The minimum Gasteiger partial charge on any atom is -0.366 e. The predicted octanol–water partition coefficient (Wildman–Crippen LogP) is 1.55. The van der Waals surface area contributed by atoms with E-state index in [2.05, 4.69) is 15.5 Å². The van der Waals surface area contributed by atoms with E-state index in [0.717, 1.165) is 38.0 Å². The molecule has 0 aromatic heterocycles. The number of amides is 1. The van der Waals surface area contributed by atoms with Gasteiger partial charge in [-0.25, -0.2) is 4.39 Å². The van der Waals surface area contributed by atoms with Crippen LogP contribution in [0.25, 0.3) is 0 Å². The van der Waals surface area contributed by atoms with Crippen molar-refractivity contribution in [3.63, 3.8) is 0 Å². The average Bonchev–Trinajstić information content (AvgIpc) is 2.58. The standard InChI is InChI=1S/C17H23ClFN3O2/c18-15-8-13(19)4-3-12(15)10-22-6-1-2-14(11-22)21-17(23)16-9-20-5-7-24-16/h3-4,8,14,16,20H,1-2,5-7,9-11H2,(H,21,23)/t14-,16-/m1/s1. The molecule has 2 heterocycles. The Morgan fingerprint density at radius 1 is 1.50 bits per heavy atom. The minimum absolute atomic E-state index is 0.0473. The zero-order valence-corrected chi connectivity index (χ0v) is 14.3. The van der Waals surface area contributed by atoms with Crippen molar-refractivity contribution in [3.05, 3.63) is 34.6 Å². The van der Waals surface area contributed by atoms with E-state index in [-0.39, 0.29) is 17.8 Å². The second kappa shape index (κ2) is 8.25. The number of morpholine rings is 1. The second-order valence-corrected chi connectivity index (χ2v) is 6.79. The fourth-order valence-corrected chi connectivity index (χ4v) is 3.46. The number of halogens is 2. The fraction of sp³-hybridized carbons (Fsp3) is 0.588. The van der Waals surface area contributed by atoms with E-state index in [4.69, 9.17) is 16.3 Å². The molecule has 1 aromatic rings. The number of benzene rings is 1. The van der Waals surface area contributed by atoms with Crippen LogP contribution in [0, 0.1) is 5.82 Å². The molecule has 24 heavy (non-hydrogen) atoms. The summed E-state index contributed by atoms with van der Waals surface area (Å²) < 4.78 is 18.6. The summed E-state index contributed by atoms with van der Waals surface area (Å²) in [5, 5.41) is 6.70. The van der Waals surface area contributed by atoms with Crippen molar-refractivity contribution in [2.75, 3.05) is 32.8 Å². The van der Waals surface area contributed by atoms with Gasteiger partial charge in [-0.2, -0.15) is 0 Å². The first-order valence-electron chi connectivity index (χ1n) is 8.41. The Balaban J connectivity index is 1.53. The number of carbonyl (C=O) groups is 1. The van der Waals surface area contributed by atoms with E-state index >= 15 is 0 Å². The number of hydrogen-bond acceptors (Lipinski definition) is 4. The normalized spacial score (nSPS) is 25.4. The highest BCUT2D eigenvalue weighted by molar-refractivity contribution is 6.31. The molecule has 0 aliphatic carbocycles. The van der Waals surface area contributed by atoms with Gasteiger partial charge in [0, 0.05) is 37.2 Å². The Morgan fingerprint density at radius 3 is 3.12 bits per heavy atom. The molecule has 3 rings (SSSR count). The van der Waals surface area contributed by atoms with Gasteiger partial charge in [0.05, 0.1) is 6.61 Å². The molecular formula is C17H23ClFN3O2. The number of rotatable bonds is 4. The number of likely N-dealkylation sites (tertiary alicyclic amines) is 1. The maximum Gasteiger partial charge on any atom is 0.250 e. The molecule has 0 bridgehead atoms. The first kappa shape index (κ1) is 17.6. The quantitative estimate of drug-likeness (QED) is 0.860. The van der Waals surface area contributed by atoms with Crippen LogP contribution in [0.1, 0.15) is 18.4 Å². The lowest BCUT2D eigenvalue weighted by molar-refractivity contribution is -0.135. The molecule has 1 aromatic carbocycles. The number of nitrogens with one attached hydrogen (secondary N) is 2. The number of piperidine rings is 1. The highest BCUT2D eigenvalue weighted by atomic mass is 35.5. The van der Waals surface area contributed by atoms with Gasteiger partial charge in [-0.15, -0.1) is 0 Å². The lowest BCUT2D eigenvalue weighted by Crippen LogP contribution is -2.53. The van der Waals surface area contributed by atoms with Crippen molar-refractivity contribution in [2.24, 2.45) is 0 Å². The summed E-state index contributed by atoms with van der Waals surface area (Å²) in [6.07, 6.45) is 1.56. The second-order valence-electron chi connectivity index (χ2n) is 6.38. The smallest absolute Gasteiger partial charge is 0.250 e. The Kier molecular flexibility index (Phi) is 6.05. The summed E-state index contributed by atoms with van der Waals surface area (Å²) in [7, 11) is 0. The minimum atomic E-state index is -0.402. The molecule has 2 fully saturated rings. The third kappa shape index (κ3) is 4.66. The average molecular weight is 356 g/mol. The van der Waals surface area contributed by atoms with Crippen molar-refractivity contribution in [1.29, 1.82) is 0 Å². The van der Waals surface area contributed by atoms with Gasteiger partial charge in [0.2, 0.25) is 0 Å². The van der Waals surface area contributed by atoms with Crippen molar-refractivity contribution < 1.29 is 13.9 Å². The Hall–Kier alpha value is -1.21. The lowest BCUT2D eigenvalue weighted by atomic mass is 10.0. The molecule has 1 amide bonds. The Bertz CT molecular complexity index is 581. The first-order valence-corrected chi connectivity index (χ1v) is 8.78. The van der Waals surface area contributed by atoms with Crippen LogP contribution in [0.3, 0.4) is 0 Å². The van der Waals surface area contributed by atoms with E-state index in [0.29, 0.717) is 24.7 Å². The molecule has 5 nitrogen and oxygen atoms in total. The summed E-state index contributed by atoms with van der Waals surface area (Å²) in [4.78, 5) is 14.5. The van der Waals surface area contributed by atoms with Gasteiger partial charge in [0.15, 0.2) is 0 Å². The van der Waals surface area contributed by atoms with Gasteiger partial charge in [-0.05, 0) is 37.1 Å². The number of nitrogens with zero attached hydrogens (tertiary/aromatic N) is 1. The Labute approximate surface area is 146 Å². The molecule has 7 heteroatoms. The number of ether oxygens (including phenoxy) is 1. The van der Waals surface area contributed by atoms with Gasteiger partial charge in [0.25, 0.3) is 5.91 Å².